The predicted molar refractivity (Wildman–Crippen MR) is 62.8 cm³/mol. The number of primary amides is 1. The highest BCUT2D eigenvalue weighted by molar-refractivity contribution is 7.99. The van der Waals surface area contributed by atoms with Gasteiger partial charge in [-0.25, -0.2) is 0 Å². The predicted octanol–water partition coefficient (Wildman–Crippen LogP) is 0.0980. The Morgan fingerprint density at radius 3 is 2.80 bits per heavy atom. The van der Waals surface area contributed by atoms with E-state index in [0.29, 0.717) is 6.04 Å². The quantitative estimate of drug-likeness (QED) is 0.493. The Labute approximate surface area is 95.0 Å². The van der Waals surface area contributed by atoms with Crippen LogP contribution in [0, 0.1) is 0 Å². The molecule has 5 heteroatoms. The third-order valence-corrected chi connectivity index (χ3v) is 3.46. The van der Waals surface area contributed by atoms with E-state index in [1.807, 2.05) is 0 Å². The molecule has 1 amide bonds. The lowest BCUT2D eigenvalue weighted by atomic mass is 10.2. The zero-order valence-corrected chi connectivity index (χ0v) is 9.76. The monoisotopic (exact) mass is 232 g/mol. The Hall–Kier alpha value is -0.260. The van der Waals surface area contributed by atoms with Crippen LogP contribution in [-0.4, -0.2) is 41.2 Å². The van der Waals surface area contributed by atoms with Gasteiger partial charge in [0.2, 0.25) is 5.91 Å². The zero-order valence-electron chi connectivity index (χ0n) is 8.95. The highest BCUT2D eigenvalue weighted by Gasteiger charge is 2.26. The topological polar surface area (TPSA) is 75.4 Å². The molecule has 4 N–H and O–H groups in total. The van der Waals surface area contributed by atoms with E-state index in [2.05, 4.69) is 5.32 Å². The summed E-state index contributed by atoms with van der Waals surface area (Å²) in [6, 6.07) is 0.351. The van der Waals surface area contributed by atoms with Crippen LogP contribution in [0.1, 0.15) is 25.7 Å². The van der Waals surface area contributed by atoms with Crippen molar-refractivity contribution in [3.8, 4) is 0 Å². The summed E-state index contributed by atoms with van der Waals surface area (Å²) in [4.78, 5) is 11.1. The van der Waals surface area contributed by atoms with Crippen molar-refractivity contribution in [2.45, 2.75) is 37.8 Å². The summed E-state index contributed by atoms with van der Waals surface area (Å²) in [5.74, 6) is 1.63. The van der Waals surface area contributed by atoms with Crippen LogP contribution in [0.5, 0.6) is 0 Å². The lowest BCUT2D eigenvalue weighted by Gasteiger charge is -2.14. The van der Waals surface area contributed by atoms with Crippen LogP contribution in [-0.2, 0) is 4.79 Å². The molecule has 1 saturated carbocycles. The van der Waals surface area contributed by atoms with Crippen molar-refractivity contribution in [2.24, 2.45) is 5.73 Å². The van der Waals surface area contributed by atoms with Gasteiger partial charge in [0, 0.05) is 12.6 Å². The van der Waals surface area contributed by atoms with Crippen LogP contribution < -0.4 is 11.1 Å². The molecule has 0 aromatic carbocycles. The molecule has 1 fully saturated rings. The molecule has 0 saturated heterocycles. The molecular weight excluding hydrogens is 212 g/mol. The van der Waals surface area contributed by atoms with Crippen molar-refractivity contribution in [1.82, 2.24) is 5.32 Å². The summed E-state index contributed by atoms with van der Waals surface area (Å²) in [6.45, 7) is 0.243. The third-order valence-electron chi connectivity index (χ3n) is 2.36. The fourth-order valence-corrected chi connectivity index (χ4v) is 2.25. The van der Waals surface area contributed by atoms with E-state index < -0.39 is 0 Å². The molecule has 0 bridgehead atoms. The summed E-state index contributed by atoms with van der Waals surface area (Å²) < 4.78 is 0. The van der Waals surface area contributed by atoms with E-state index in [1.165, 1.54) is 12.8 Å². The van der Waals surface area contributed by atoms with Gasteiger partial charge in [-0.1, -0.05) is 0 Å². The minimum absolute atomic E-state index is 0.167. The molecule has 1 aliphatic rings. The van der Waals surface area contributed by atoms with Crippen molar-refractivity contribution in [1.29, 1.82) is 0 Å². The van der Waals surface area contributed by atoms with Crippen LogP contribution in [0.2, 0.25) is 0 Å². The van der Waals surface area contributed by atoms with Crippen molar-refractivity contribution in [2.75, 3.05) is 18.1 Å². The van der Waals surface area contributed by atoms with Crippen LogP contribution in [0.15, 0.2) is 0 Å². The molecular formula is C10H20N2O2S. The molecule has 0 radical (unpaired) electrons. The fourth-order valence-electron chi connectivity index (χ4n) is 1.31. The summed E-state index contributed by atoms with van der Waals surface area (Å²) in [6.07, 6.45) is 3.95. The number of aliphatic hydroxyl groups is 1. The Kier molecular flexibility index (Phi) is 6.05. The zero-order chi connectivity index (χ0) is 11.1. The maximum Gasteiger partial charge on any atom is 0.234 e. The highest BCUT2D eigenvalue weighted by Crippen LogP contribution is 2.20. The SMILES string of the molecule is NC(=O)C(CCSCCCO)NC1CC1. The van der Waals surface area contributed by atoms with Gasteiger partial charge >= 0.3 is 0 Å². The van der Waals surface area contributed by atoms with Gasteiger partial charge in [-0.3, -0.25) is 4.79 Å². The number of hydrogen-bond acceptors (Lipinski definition) is 4. The number of aliphatic hydroxyl groups excluding tert-OH is 1. The molecule has 15 heavy (non-hydrogen) atoms. The van der Waals surface area contributed by atoms with Gasteiger partial charge < -0.3 is 16.2 Å². The smallest absolute Gasteiger partial charge is 0.234 e. The van der Waals surface area contributed by atoms with Crippen molar-refractivity contribution < 1.29 is 9.90 Å². The minimum atomic E-state index is -0.246. The van der Waals surface area contributed by atoms with Gasteiger partial charge in [0.25, 0.3) is 0 Å². The van der Waals surface area contributed by atoms with Gasteiger partial charge in [0.15, 0.2) is 0 Å². The first-order valence-electron chi connectivity index (χ1n) is 5.48. The number of carbonyl (C=O) groups is 1. The number of amides is 1. The fraction of sp³-hybridized carbons (Fsp3) is 0.900. The number of nitrogens with one attached hydrogen (secondary N) is 1. The molecule has 0 aliphatic heterocycles. The van der Waals surface area contributed by atoms with E-state index in [9.17, 15) is 4.79 Å². The first-order valence-corrected chi connectivity index (χ1v) is 6.63. The number of rotatable bonds is 9. The molecule has 0 aromatic heterocycles. The molecule has 1 unspecified atom stereocenters. The second-order valence-electron chi connectivity index (χ2n) is 3.87. The molecule has 0 spiro atoms. The lowest BCUT2D eigenvalue weighted by Crippen LogP contribution is -2.42. The number of carbonyl (C=O) groups excluding carboxylic acids is 1. The molecule has 88 valence electrons. The summed E-state index contributed by atoms with van der Waals surface area (Å²) >= 11 is 1.76. The van der Waals surface area contributed by atoms with Crippen LogP contribution in [0.25, 0.3) is 0 Å². The van der Waals surface area contributed by atoms with Crippen molar-refractivity contribution in [3.63, 3.8) is 0 Å². The minimum Gasteiger partial charge on any atom is -0.396 e. The van der Waals surface area contributed by atoms with Gasteiger partial charge in [-0.2, -0.15) is 11.8 Å². The molecule has 0 heterocycles. The van der Waals surface area contributed by atoms with E-state index in [-0.39, 0.29) is 18.6 Å². The first-order chi connectivity index (χ1) is 7.24. The van der Waals surface area contributed by atoms with Gasteiger partial charge in [-0.05, 0) is 37.2 Å². The second-order valence-corrected chi connectivity index (χ2v) is 5.10. The standard InChI is InChI=1S/C10H20N2O2S/c11-10(14)9(12-8-2-3-8)4-7-15-6-1-5-13/h8-9,12-13H,1-7H2,(H2,11,14). The third kappa shape index (κ3) is 6.02. The van der Waals surface area contributed by atoms with E-state index in [0.717, 1.165) is 24.3 Å². The van der Waals surface area contributed by atoms with Gasteiger partial charge in [0.1, 0.15) is 0 Å². The summed E-state index contributed by atoms with van der Waals surface area (Å²) in [7, 11) is 0. The normalized spacial score (nSPS) is 17.7. The van der Waals surface area contributed by atoms with Crippen LogP contribution in [0.3, 0.4) is 0 Å². The van der Waals surface area contributed by atoms with Gasteiger partial charge in [0.05, 0.1) is 6.04 Å². The van der Waals surface area contributed by atoms with E-state index in [1.54, 1.807) is 11.8 Å². The number of thioether (sulfide) groups is 1. The number of nitrogens with two attached hydrogens (primary N) is 1. The molecule has 1 atom stereocenters. The first kappa shape index (κ1) is 12.8. The Bertz CT molecular complexity index is 198. The Balaban J connectivity index is 2.05. The van der Waals surface area contributed by atoms with Gasteiger partial charge in [-0.15, -0.1) is 0 Å². The van der Waals surface area contributed by atoms with Crippen molar-refractivity contribution >= 4 is 17.7 Å². The molecule has 4 nitrogen and oxygen atoms in total. The van der Waals surface area contributed by atoms with E-state index >= 15 is 0 Å². The molecule has 1 rings (SSSR count). The summed E-state index contributed by atoms with van der Waals surface area (Å²) in [5.41, 5.74) is 5.30. The second kappa shape index (κ2) is 7.09. The van der Waals surface area contributed by atoms with Crippen LogP contribution >= 0.6 is 11.8 Å². The van der Waals surface area contributed by atoms with E-state index in [4.69, 9.17) is 10.8 Å². The Morgan fingerprint density at radius 2 is 2.27 bits per heavy atom. The summed E-state index contributed by atoms with van der Waals surface area (Å²) in [5, 5.41) is 11.8. The van der Waals surface area contributed by atoms with Crippen molar-refractivity contribution in [3.05, 3.63) is 0 Å². The maximum atomic E-state index is 11.1. The average Bonchev–Trinajstić information content (AvgIpc) is 2.99. The highest BCUT2D eigenvalue weighted by atomic mass is 32.2. The van der Waals surface area contributed by atoms with Crippen LogP contribution in [0.4, 0.5) is 0 Å². The largest absolute Gasteiger partial charge is 0.396 e. The lowest BCUT2D eigenvalue weighted by molar-refractivity contribution is -0.120. The molecule has 0 aromatic rings. The Morgan fingerprint density at radius 1 is 1.53 bits per heavy atom. The average molecular weight is 232 g/mol. The molecule has 1 aliphatic carbocycles. The number of hydrogen-bond donors (Lipinski definition) is 3. The maximum absolute atomic E-state index is 11.1.